The fourth-order valence-electron chi connectivity index (χ4n) is 8.34. The summed E-state index contributed by atoms with van der Waals surface area (Å²) in [5.74, 6) is -0.403. The van der Waals surface area contributed by atoms with Crippen LogP contribution in [-0.4, -0.2) is 142 Å². The summed E-state index contributed by atoms with van der Waals surface area (Å²) in [6.07, 6.45) is 51.1. The number of carbonyl (C=O) groups excluding carboxylic acids is 1. The monoisotopic (exact) mass is 1080 g/mol. The highest BCUT2D eigenvalue weighted by atomic mass is 16.7. The van der Waals surface area contributed by atoms with Crippen LogP contribution in [0.25, 0.3) is 0 Å². The van der Waals surface area contributed by atoms with Crippen molar-refractivity contribution in [3.8, 4) is 0 Å². The van der Waals surface area contributed by atoms with Crippen LogP contribution in [0.15, 0.2) is 122 Å². The molecule has 0 bridgehead atoms. The standard InChI is InChI=1S/C63H102O14/c1-3-5-7-9-11-13-15-17-19-21-23-24-25-26-27-28-29-30-32-34-36-38-40-42-44-46-55(65)75-52(49-72-47-45-43-41-39-37-35-33-31-22-20-18-16-14-12-10-8-6-4-2)50-73-62-61(71)59(69)57(67)54(77-62)51-74-63-60(70)58(68)56(66)53(48-64)76-63/h5-8,11-14,17-20,23-24,26-27,29-31,33,52-54,56-64,66-71H,3-4,9-10,15-16,21-22,25,28,32,34-51H2,1-2H3/b7-5-,8-6-,13-11-,14-12-,19-17-,20-18-,24-23-,27-26-,30-29-,33-31-. The lowest BCUT2D eigenvalue weighted by Crippen LogP contribution is -2.61. The van der Waals surface area contributed by atoms with Gasteiger partial charge in [-0.1, -0.05) is 180 Å². The first-order valence-corrected chi connectivity index (χ1v) is 29.1. The second kappa shape index (κ2) is 48.3. The van der Waals surface area contributed by atoms with Gasteiger partial charge in [-0.2, -0.15) is 0 Å². The molecule has 14 nitrogen and oxygen atoms in total. The van der Waals surface area contributed by atoms with Gasteiger partial charge in [0.25, 0.3) is 0 Å². The summed E-state index contributed by atoms with van der Waals surface area (Å²) in [5, 5.41) is 72.4. The zero-order valence-electron chi connectivity index (χ0n) is 46.9. The summed E-state index contributed by atoms with van der Waals surface area (Å²) >= 11 is 0. The van der Waals surface area contributed by atoms with E-state index in [2.05, 4.69) is 135 Å². The fraction of sp³-hybridized carbons (Fsp3) is 0.667. The van der Waals surface area contributed by atoms with Crippen LogP contribution in [0.1, 0.15) is 168 Å². The Labute approximate surface area is 463 Å². The molecule has 0 aromatic heterocycles. The number of aliphatic hydroxyl groups excluding tert-OH is 7. The molecule has 0 radical (unpaired) electrons. The van der Waals surface area contributed by atoms with Gasteiger partial charge in [-0.25, -0.2) is 0 Å². The van der Waals surface area contributed by atoms with E-state index < -0.39 is 86.7 Å². The highest BCUT2D eigenvalue weighted by Crippen LogP contribution is 2.26. The van der Waals surface area contributed by atoms with Crippen molar-refractivity contribution in [1.29, 1.82) is 0 Å². The summed E-state index contributed by atoms with van der Waals surface area (Å²) in [4.78, 5) is 13.1. The van der Waals surface area contributed by atoms with Crippen molar-refractivity contribution in [3.05, 3.63) is 122 Å². The van der Waals surface area contributed by atoms with Crippen molar-refractivity contribution in [1.82, 2.24) is 0 Å². The van der Waals surface area contributed by atoms with Crippen LogP contribution in [0.2, 0.25) is 0 Å². The van der Waals surface area contributed by atoms with Gasteiger partial charge >= 0.3 is 5.97 Å². The van der Waals surface area contributed by atoms with E-state index in [1.807, 2.05) is 0 Å². The summed E-state index contributed by atoms with van der Waals surface area (Å²) in [5.41, 5.74) is 0. The Bertz CT molecular complexity index is 1730. The number of ether oxygens (including phenoxy) is 6. The number of carbonyl (C=O) groups is 1. The Kier molecular flexibility index (Phi) is 43.6. The Balaban J connectivity index is 1.74. The van der Waals surface area contributed by atoms with Crippen LogP contribution in [-0.2, 0) is 33.2 Å². The van der Waals surface area contributed by atoms with Gasteiger partial charge in [0.2, 0.25) is 0 Å². The average molecular weight is 1080 g/mol. The maximum absolute atomic E-state index is 13.1. The molecule has 2 rings (SSSR count). The molecule has 11 atom stereocenters. The second-order valence-corrected chi connectivity index (χ2v) is 19.7. The third-order valence-electron chi connectivity index (χ3n) is 13.0. The maximum Gasteiger partial charge on any atom is 0.306 e. The van der Waals surface area contributed by atoms with E-state index in [1.165, 1.54) is 0 Å². The van der Waals surface area contributed by atoms with E-state index in [9.17, 15) is 40.5 Å². The number of unbranched alkanes of at least 4 members (excludes halogenated alkanes) is 11. The van der Waals surface area contributed by atoms with Crippen LogP contribution in [0.3, 0.4) is 0 Å². The number of hydrogen-bond acceptors (Lipinski definition) is 14. The van der Waals surface area contributed by atoms with Crippen LogP contribution in [0.4, 0.5) is 0 Å². The van der Waals surface area contributed by atoms with E-state index in [4.69, 9.17) is 28.4 Å². The van der Waals surface area contributed by atoms with E-state index in [0.29, 0.717) is 13.0 Å². The molecule has 0 aromatic rings. The first-order valence-electron chi connectivity index (χ1n) is 29.1. The molecule has 0 aromatic carbocycles. The Morgan fingerprint density at radius 2 is 0.805 bits per heavy atom. The van der Waals surface area contributed by atoms with Gasteiger partial charge in [0.05, 0.1) is 26.4 Å². The van der Waals surface area contributed by atoms with Crippen molar-refractivity contribution < 1.29 is 69.0 Å². The molecule has 0 spiro atoms. The number of aliphatic hydroxyl groups is 7. The summed E-state index contributed by atoms with van der Waals surface area (Å²) in [6.45, 7) is 3.37. The third kappa shape index (κ3) is 34.9. The van der Waals surface area contributed by atoms with Crippen LogP contribution in [0, 0.1) is 0 Å². The average Bonchev–Trinajstić information content (AvgIpc) is 3.43. The number of allylic oxidation sites excluding steroid dienone is 20. The molecule has 77 heavy (non-hydrogen) atoms. The highest BCUT2D eigenvalue weighted by molar-refractivity contribution is 5.69. The molecule has 2 aliphatic heterocycles. The van der Waals surface area contributed by atoms with Crippen LogP contribution in [0.5, 0.6) is 0 Å². The molecule has 438 valence electrons. The quantitative estimate of drug-likeness (QED) is 0.0172. The molecule has 0 saturated carbocycles. The summed E-state index contributed by atoms with van der Waals surface area (Å²) < 4.78 is 34.3. The molecular weight excluding hydrogens is 981 g/mol. The number of esters is 1. The van der Waals surface area contributed by atoms with Crippen molar-refractivity contribution in [2.75, 3.05) is 33.0 Å². The second-order valence-electron chi connectivity index (χ2n) is 19.7. The van der Waals surface area contributed by atoms with Gasteiger partial charge in [-0.3, -0.25) is 4.79 Å². The zero-order chi connectivity index (χ0) is 55.8. The molecule has 2 fully saturated rings. The molecule has 0 amide bonds. The Hall–Kier alpha value is -3.61. The van der Waals surface area contributed by atoms with Crippen molar-refractivity contribution in [2.24, 2.45) is 0 Å². The SMILES string of the molecule is CC/C=C\C/C=C\C/C=C\C/C=C\C/C=C\C/C=C\CCCCCCCCC(=O)OC(COCCCCCCC/C=C\C/C=C\C/C=C\C/C=C\CC)COC1OC(COC2OC(CO)C(O)C(O)C2O)C(O)C(O)C1O. The van der Waals surface area contributed by atoms with Gasteiger partial charge < -0.3 is 64.2 Å². The molecule has 7 N–H and O–H groups in total. The lowest BCUT2D eigenvalue weighted by atomic mass is 9.98. The van der Waals surface area contributed by atoms with Crippen molar-refractivity contribution in [2.45, 2.75) is 235 Å². The fourth-order valence-corrected chi connectivity index (χ4v) is 8.34. The van der Waals surface area contributed by atoms with Gasteiger partial charge in [-0.05, 0) is 103 Å². The molecule has 2 saturated heterocycles. The minimum absolute atomic E-state index is 0.0337. The largest absolute Gasteiger partial charge is 0.457 e. The molecular formula is C63H102O14. The summed E-state index contributed by atoms with van der Waals surface area (Å²) in [7, 11) is 0. The van der Waals surface area contributed by atoms with Gasteiger partial charge in [0, 0.05) is 13.0 Å². The van der Waals surface area contributed by atoms with Gasteiger partial charge in [-0.15, -0.1) is 0 Å². The van der Waals surface area contributed by atoms with E-state index in [-0.39, 0.29) is 19.6 Å². The van der Waals surface area contributed by atoms with Gasteiger partial charge in [0.1, 0.15) is 54.9 Å². The topological polar surface area (TPSA) is 214 Å². The highest BCUT2D eigenvalue weighted by Gasteiger charge is 2.47. The van der Waals surface area contributed by atoms with Gasteiger partial charge in [0.15, 0.2) is 12.6 Å². The van der Waals surface area contributed by atoms with Crippen LogP contribution < -0.4 is 0 Å². The molecule has 2 aliphatic rings. The smallest absolute Gasteiger partial charge is 0.306 e. The van der Waals surface area contributed by atoms with Crippen molar-refractivity contribution in [3.63, 3.8) is 0 Å². The van der Waals surface area contributed by atoms with E-state index in [0.717, 1.165) is 141 Å². The third-order valence-corrected chi connectivity index (χ3v) is 13.0. The minimum atomic E-state index is -1.72. The molecule has 14 heteroatoms. The lowest BCUT2D eigenvalue weighted by molar-refractivity contribution is -0.332. The predicted molar refractivity (Wildman–Crippen MR) is 307 cm³/mol. The molecule has 0 aliphatic carbocycles. The zero-order valence-corrected chi connectivity index (χ0v) is 46.9. The molecule has 2 heterocycles. The summed E-state index contributed by atoms with van der Waals surface area (Å²) in [6, 6.07) is 0. The van der Waals surface area contributed by atoms with E-state index >= 15 is 0 Å². The van der Waals surface area contributed by atoms with Crippen molar-refractivity contribution >= 4 is 5.97 Å². The first kappa shape index (κ1) is 69.5. The minimum Gasteiger partial charge on any atom is -0.457 e. The Morgan fingerprint density at radius 3 is 1.26 bits per heavy atom. The van der Waals surface area contributed by atoms with E-state index in [1.54, 1.807) is 0 Å². The maximum atomic E-state index is 13.1. The predicted octanol–water partition coefficient (Wildman–Crippen LogP) is 10.5. The molecule has 11 unspecified atom stereocenters. The lowest BCUT2D eigenvalue weighted by Gasteiger charge is -2.42. The van der Waals surface area contributed by atoms with Crippen LogP contribution >= 0.6 is 0 Å². The Morgan fingerprint density at radius 1 is 0.429 bits per heavy atom. The normalized spacial score (nSPS) is 25.2. The number of rotatable bonds is 45. The first-order chi connectivity index (χ1) is 37.6. The number of hydrogen-bond donors (Lipinski definition) is 7.